The highest BCUT2D eigenvalue weighted by Gasteiger charge is 2.24. The van der Waals surface area contributed by atoms with Crippen LogP contribution in [-0.4, -0.2) is 30.4 Å². The maximum atomic E-state index is 12.7. The molecule has 1 aliphatic heterocycles. The van der Waals surface area contributed by atoms with Crippen LogP contribution in [0.25, 0.3) is 0 Å². The van der Waals surface area contributed by atoms with Gasteiger partial charge in [-0.1, -0.05) is 44.2 Å². The Bertz CT molecular complexity index is 446. The monoisotopic (exact) mass is 338 g/mol. The van der Waals surface area contributed by atoms with E-state index in [4.69, 9.17) is 0 Å². The smallest absolute Gasteiger partial charge is 0.223 e. The third-order valence-electron chi connectivity index (χ3n) is 4.70. The molecule has 0 bridgehead atoms. The normalized spacial score (nSPS) is 18.8. The van der Waals surface area contributed by atoms with E-state index in [2.05, 4.69) is 31.3 Å². The second-order valence-electron chi connectivity index (χ2n) is 6.59. The molecule has 1 heterocycles. The van der Waals surface area contributed by atoms with Gasteiger partial charge in [0, 0.05) is 19.5 Å². The van der Waals surface area contributed by atoms with Crippen molar-refractivity contribution in [3.05, 3.63) is 35.9 Å². The first kappa shape index (κ1) is 20.0. The van der Waals surface area contributed by atoms with Gasteiger partial charge in [0.15, 0.2) is 0 Å². The molecule has 1 aromatic carbocycles. The molecule has 1 aliphatic rings. The molecule has 130 valence electrons. The van der Waals surface area contributed by atoms with E-state index in [-0.39, 0.29) is 12.4 Å². The van der Waals surface area contributed by atoms with E-state index < -0.39 is 0 Å². The number of hydrogen-bond donors (Lipinski definition) is 1. The van der Waals surface area contributed by atoms with E-state index in [9.17, 15) is 4.79 Å². The first-order valence-corrected chi connectivity index (χ1v) is 8.73. The van der Waals surface area contributed by atoms with E-state index in [0.29, 0.717) is 24.2 Å². The SMILES string of the molecule is CCCN(Cc1ccccc1)C(=O)CC(C)C1CCCNC1.Cl. The third kappa shape index (κ3) is 6.52. The average molecular weight is 339 g/mol. The van der Waals surface area contributed by atoms with E-state index in [1.807, 2.05) is 23.1 Å². The molecular formula is C19H31ClN2O. The first-order chi connectivity index (χ1) is 10.7. The van der Waals surface area contributed by atoms with Gasteiger partial charge in [-0.15, -0.1) is 12.4 Å². The van der Waals surface area contributed by atoms with E-state index in [1.165, 1.54) is 18.4 Å². The standard InChI is InChI=1S/C19H30N2O.ClH/c1-3-12-21(15-17-8-5-4-6-9-17)19(22)13-16(2)18-10-7-11-20-14-18;/h4-6,8-9,16,18,20H,3,7,10-15H2,1-2H3;1H. The van der Waals surface area contributed by atoms with Crippen LogP contribution < -0.4 is 5.32 Å². The molecule has 0 saturated carbocycles. The number of amides is 1. The topological polar surface area (TPSA) is 32.3 Å². The minimum atomic E-state index is 0. The average Bonchev–Trinajstić information content (AvgIpc) is 2.56. The Kier molecular flexibility index (Phi) is 9.27. The Labute approximate surface area is 147 Å². The summed E-state index contributed by atoms with van der Waals surface area (Å²) in [7, 11) is 0. The van der Waals surface area contributed by atoms with Crippen LogP contribution in [0, 0.1) is 11.8 Å². The summed E-state index contributed by atoms with van der Waals surface area (Å²) in [6.45, 7) is 8.17. The van der Waals surface area contributed by atoms with Crippen LogP contribution >= 0.6 is 12.4 Å². The maximum Gasteiger partial charge on any atom is 0.223 e. The Morgan fingerprint density at radius 1 is 1.35 bits per heavy atom. The van der Waals surface area contributed by atoms with Gasteiger partial charge >= 0.3 is 0 Å². The first-order valence-electron chi connectivity index (χ1n) is 8.73. The molecule has 0 aromatic heterocycles. The highest BCUT2D eigenvalue weighted by atomic mass is 35.5. The fourth-order valence-electron chi connectivity index (χ4n) is 3.30. The number of halogens is 1. The summed E-state index contributed by atoms with van der Waals surface area (Å²) in [4.78, 5) is 14.7. The molecule has 1 aromatic rings. The van der Waals surface area contributed by atoms with Crippen molar-refractivity contribution in [2.24, 2.45) is 11.8 Å². The molecule has 23 heavy (non-hydrogen) atoms. The van der Waals surface area contributed by atoms with Crippen LogP contribution in [0.1, 0.15) is 45.1 Å². The van der Waals surface area contributed by atoms with E-state index in [1.54, 1.807) is 0 Å². The number of benzene rings is 1. The predicted molar refractivity (Wildman–Crippen MR) is 98.8 cm³/mol. The number of hydrogen-bond acceptors (Lipinski definition) is 2. The molecule has 1 amide bonds. The van der Waals surface area contributed by atoms with E-state index >= 15 is 0 Å². The van der Waals surface area contributed by atoms with Crippen LogP contribution in [0.5, 0.6) is 0 Å². The van der Waals surface area contributed by atoms with Gasteiger partial charge < -0.3 is 10.2 Å². The molecule has 1 N–H and O–H groups in total. The van der Waals surface area contributed by atoms with Crippen LogP contribution in [0.3, 0.4) is 0 Å². The number of carbonyl (C=O) groups excluding carboxylic acids is 1. The fourth-order valence-corrected chi connectivity index (χ4v) is 3.30. The molecule has 0 radical (unpaired) electrons. The summed E-state index contributed by atoms with van der Waals surface area (Å²) < 4.78 is 0. The van der Waals surface area contributed by atoms with Crippen molar-refractivity contribution >= 4 is 18.3 Å². The lowest BCUT2D eigenvalue weighted by molar-refractivity contribution is -0.133. The Morgan fingerprint density at radius 3 is 2.70 bits per heavy atom. The van der Waals surface area contributed by atoms with E-state index in [0.717, 1.165) is 32.6 Å². The summed E-state index contributed by atoms with van der Waals surface area (Å²) in [5.74, 6) is 1.43. The summed E-state index contributed by atoms with van der Waals surface area (Å²) in [6, 6.07) is 10.3. The molecule has 3 nitrogen and oxygen atoms in total. The van der Waals surface area contributed by atoms with Crippen molar-refractivity contribution in [3.8, 4) is 0 Å². The van der Waals surface area contributed by atoms with Crippen molar-refractivity contribution < 1.29 is 4.79 Å². The van der Waals surface area contributed by atoms with Crippen LogP contribution in [0.15, 0.2) is 30.3 Å². The number of nitrogens with one attached hydrogen (secondary N) is 1. The lowest BCUT2D eigenvalue weighted by atomic mass is 9.85. The largest absolute Gasteiger partial charge is 0.338 e. The van der Waals surface area contributed by atoms with Gasteiger partial charge in [0.05, 0.1) is 0 Å². The van der Waals surface area contributed by atoms with Gasteiger partial charge in [0.2, 0.25) is 5.91 Å². The number of nitrogens with zero attached hydrogens (tertiary/aromatic N) is 1. The molecule has 0 aliphatic carbocycles. The summed E-state index contributed by atoms with van der Waals surface area (Å²) in [5.41, 5.74) is 1.22. The number of carbonyl (C=O) groups is 1. The quantitative estimate of drug-likeness (QED) is 0.818. The van der Waals surface area contributed by atoms with Crippen molar-refractivity contribution in [1.82, 2.24) is 10.2 Å². The second kappa shape index (κ2) is 10.7. The van der Waals surface area contributed by atoms with Gasteiger partial charge in [0.25, 0.3) is 0 Å². The lowest BCUT2D eigenvalue weighted by Crippen LogP contribution is -2.37. The van der Waals surface area contributed by atoms with Gasteiger partial charge in [-0.3, -0.25) is 4.79 Å². The van der Waals surface area contributed by atoms with Gasteiger partial charge in [-0.2, -0.15) is 0 Å². The van der Waals surface area contributed by atoms with Crippen molar-refractivity contribution in [2.45, 2.75) is 46.1 Å². The molecule has 2 atom stereocenters. The van der Waals surface area contributed by atoms with Crippen molar-refractivity contribution in [2.75, 3.05) is 19.6 Å². The Hall–Kier alpha value is -1.06. The zero-order valence-corrected chi connectivity index (χ0v) is 15.3. The molecule has 0 spiro atoms. The molecular weight excluding hydrogens is 308 g/mol. The minimum absolute atomic E-state index is 0. The molecule has 1 fully saturated rings. The predicted octanol–water partition coefficient (Wildman–Crippen LogP) is 3.87. The van der Waals surface area contributed by atoms with Crippen molar-refractivity contribution in [3.63, 3.8) is 0 Å². The van der Waals surface area contributed by atoms with Gasteiger partial charge in [-0.25, -0.2) is 0 Å². The summed E-state index contributed by atoms with van der Waals surface area (Å²) in [5, 5.41) is 3.46. The highest BCUT2D eigenvalue weighted by molar-refractivity contribution is 5.85. The zero-order chi connectivity index (χ0) is 15.8. The maximum absolute atomic E-state index is 12.7. The molecule has 2 rings (SSSR count). The number of piperidine rings is 1. The Morgan fingerprint density at radius 2 is 2.09 bits per heavy atom. The number of rotatable bonds is 7. The van der Waals surface area contributed by atoms with Gasteiger partial charge in [-0.05, 0) is 49.8 Å². The molecule has 1 saturated heterocycles. The Balaban J connectivity index is 0.00000264. The second-order valence-corrected chi connectivity index (χ2v) is 6.59. The zero-order valence-electron chi connectivity index (χ0n) is 14.5. The molecule has 4 heteroatoms. The minimum Gasteiger partial charge on any atom is -0.338 e. The van der Waals surface area contributed by atoms with Crippen LogP contribution in [-0.2, 0) is 11.3 Å². The van der Waals surface area contributed by atoms with Crippen LogP contribution in [0.4, 0.5) is 0 Å². The fraction of sp³-hybridized carbons (Fsp3) is 0.632. The van der Waals surface area contributed by atoms with Crippen molar-refractivity contribution in [1.29, 1.82) is 0 Å². The third-order valence-corrected chi connectivity index (χ3v) is 4.70. The summed E-state index contributed by atoms with van der Waals surface area (Å²) in [6.07, 6.45) is 4.19. The lowest BCUT2D eigenvalue weighted by Gasteiger charge is -2.30. The highest BCUT2D eigenvalue weighted by Crippen LogP contribution is 2.23. The summed E-state index contributed by atoms with van der Waals surface area (Å²) >= 11 is 0. The van der Waals surface area contributed by atoms with Gasteiger partial charge in [0.1, 0.15) is 0 Å². The van der Waals surface area contributed by atoms with Crippen LogP contribution in [0.2, 0.25) is 0 Å². The molecule has 2 unspecified atom stereocenters.